The van der Waals surface area contributed by atoms with Gasteiger partial charge in [0.1, 0.15) is 0 Å². The van der Waals surface area contributed by atoms with E-state index in [4.69, 9.17) is 28.9 Å². The number of nitrogens with two attached hydrogens (primary N) is 1. The van der Waals surface area contributed by atoms with Crippen LogP contribution in [0.25, 0.3) is 0 Å². The molecule has 0 saturated carbocycles. The van der Waals surface area contributed by atoms with Gasteiger partial charge >= 0.3 is 0 Å². The summed E-state index contributed by atoms with van der Waals surface area (Å²) in [7, 11) is 0. The lowest BCUT2D eigenvalue weighted by Crippen LogP contribution is -2.25. The Labute approximate surface area is 131 Å². The molecule has 21 heavy (non-hydrogen) atoms. The summed E-state index contributed by atoms with van der Waals surface area (Å²) in [5, 5.41) is 11.3. The smallest absolute Gasteiger partial charge is 0.196 e. The molecule has 0 bridgehead atoms. The van der Waals surface area contributed by atoms with Crippen molar-refractivity contribution in [2.75, 3.05) is 5.73 Å². The zero-order valence-electron chi connectivity index (χ0n) is 10.7. The number of ketones is 1. The van der Waals surface area contributed by atoms with Crippen LogP contribution in [0.5, 0.6) is 0 Å². The van der Waals surface area contributed by atoms with E-state index < -0.39 is 11.8 Å². The summed E-state index contributed by atoms with van der Waals surface area (Å²) in [6, 6.07) is 9.11. The molecule has 0 atom stereocenters. The van der Waals surface area contributed by atoms with E-state index >= 15 is 0 Å². The number of nitrogen functional groups attached to an aromatic ring is 1. The number of carbonyl (C=O) groups excluding carboxylic acids is 2. The molecule has 0 unspecified atom stereocenters. The molecule has 0 fully saturated rings. The van der Waals surface area contributed by atoms with Gasteiger partial charge in [-0.2, -0.15) is 0 Å². The first-order valence-corrected chi connectivity index (χ1v) is 6.72. The second-order valence-corrected chi connectivity index (χ2v) is 5.22. The molecule has 0 saturated heterocycles. The van der Waals surface area contributed by atoms with Gasteiger partial charge in [-0.15, -0.1) is 0 Å². The Morgan fingerprint density at radius 1 is 1.10 bits per heavy atom. The fourth-order valence-electron chi connectivity index (χ4n) is 1.94. The summed E-state index contributed by atoms with van der Waals surface area (Å²) in [6.45, 7) is 0. The molecule has 108 valence electrons. The lowest BCUT2D eigenvalue weighted by atomic mass is 9.98. The fourth-order valence-corrected chi connectivity index (χ4v) is 2.43. The lowest BCUT2D eigenvalue weighted by Gasteiger charge is -2.11. The third-order valence-corrected chi connectivity index (χ3v) is 3.50. The summed E-state index contributed by atoms with van der Waals surface area (Å²) in [6.07, 6.45) is -0.360. The number of carboxylic acid groups (broad SMARTS) is 1. The van der Waals surface area contributed by atoms with Gasteiger partial charge in [-0.1, -0.05) is 35.3 Å². The van der Waals surface area contributed by atoms with Gasteiger partial charge in [0.2, 0.25) is 0 Å². The molecule has 6 heteroatoms. The van der Waals surface area contributed by atoms with Gasteiger partial charge < -0.3 is 15.6 Å². The van der Waals surface area contributed by atoms with Crippen molar-refractivity contribution in [3.63, 3.8) is 0 Å². The van der Waals surface area contributed by atoms with Gasteiger partial charge in [0.15, 0.2) is 5.78 Å². The van der Waals surface area contributed by atoms with Gasteiger partial charge in [-0.3, -0.25) is 4.79 Å². The number of benzene rings is 2. The number of carboxylic acids is 1. The van der Waals surface area contributed by atoms with Crippen LogP contribution in [0.4, 0.5) is 5.69 Å². The number of rotatable bonds is 4. The number of para-hydroxylation sites is 1. The number of aliphatic carboxylic acids is 1. The molecule has 0 spiro atoms. The van der Waals surface area contributed by atoms with Gasteiger partial charge in [0.25, 0.3) is 0 Å². The zero-order valence-corrected chi connectivity index (χ0v) is 12.2. The number of halogens is 2. The molecule has 0 aliphatic heterocycles. The van der Waals surface area contributed by atoms with Crippen LogP contribution < -0.4 is 10.8 Å². The highest BCUT2D eigenvalue weighted by Crippen LogP contribution is 2.27. The summed E-state index contributed by atoms with van der Waals surface area (Å²) >= 11 is 11.8. The van der Waals surface area contributed by atoms with Crippen LogP contribution in [-0.2, 0) is 11.2 Å². The molecular weight excluding hydrogens is 313 g/mol. The second kappa shape index (κ2) is 6.16. The Hall–Kier alpha value is -2.04. The molecule has 0 aliphatic carbocycles. The largest absolute Gasteiger partial charge is 0.550 e. The third kappa shape index (κ3) is 3.35. The van der Waals surface area contributed by atoms with Crippen LogP contribution in [-0.4, -0.2) is 11.8 Å². The maximum absolute atomic E-state index is 12.5. The van der Waals surface area contributed by atoms with Crippen molar-refractivity contribution >= 4 is 40.6 Å². The summed E-state index contributed by atoms with van der Waals surface area (Å²) < 4.78 is 0. The van der Waals surface area contributed by atoms with Crippen LogP contribution in [0.15, 0.2) is 36.4 Å². The number of anilines is 1. The van der Waals surface area contributed by atoms with Gasteiger partial charge in [0.05, 0.1) is 5.02 Å². The molecular formula is C15H10Cl2NO3-. The molecule has 2 aromatic rings. The normalized spacial score (nSPS) is 10.4. The predicted octanol–water partition coefficient (Wildman–Crippen LogP) is 2.10. The standard InChI is InChI=1S/C15H11Cl2NO3/c16-9-4-5-10(12(17)7-9)15(21)11-3-1-2-8(14(11)18)6-13(19)20/h1-5,7H,6,18H2,(H,19,20)/p-1. The first-order chi connectivity index (χ1) is 9.90. The highest BCUT2D eigenvalue weighted by atomic mass is 35.5. The van der Waals surface area contributed by atoms with Gasteiger partial charge in [-0.25, -0.2) is 0 Å². The minimum atomic E-state index is -1.27. The molecule has 4 nitrogen and oxygen atoms in total. The Kier molecular flexibility index (Phi) is 4.50. The van der Waals surface area contributed by atoms with Crippen molar-refractivity contribution < 1.29 is 14.7 Å². The number of hydrogen-bond acceptors (Lipinski definition) is 4. The van der Waals surface area contributed by atoms with E-state index in [9.17, 15) is 14.7 Å². The second-order valence-electron chi connectivity index (χ2n) is 4.38. The first-order valence-electron chi connectivity index (χ1n) is 5.97. The van der Waals surface area contributed by atoms with Gasteiger partial charge in [-0.05, 0) is 29.8 Å². The van der Waals surface area contributed by atoms with Crippen molar-refractivity contribution in [3.8, 4) is 0 Å². The molecule has 0 aliphatic rings. The van der Waals surface area contributed by atoms with Crippen molar-refractivity contribution in [1.29, 1.82) is 0 Å². The average molecular weight is 323 g/mol. The predicted molar refractivity (Wildman–Crippen MR) is 79.5 cm³/mol. The van der Waals surface area contributed by atoms with Crippen molar-refractivity contribution in [2.45, 2.75) is 6.42 Å². The van der Waals surface area contributed by atoms with E-state index in [1.165, 1.54) is 24.3 Å². The minimum Gasteiger partial charge on any atom is -0.550 e. The van der Waals surface area contributed by atoms with E-state index in [2.05, 4.69) is 0 Å². The third-order valence-electron chi connectivity index (χ3n) is 2.95. The molecule has 0 heterocycles. The molecule has 2 N–H and O–H groups in total. The van der Waals surface area contributed by atoms with Crippen LogP contribution in [0.3, 0.4) is 0 Å². The van der Waals surface area contributed by atoms with Crippen molar-refractivity contribution in [1.82, 2.24) is 0 Å². The maximum Gasteiger partial charge on any atom is 0.196 e. The topological polar surface area (TPSA) is 83.2 Å². The zero-order chi connectivity index (χ0) is 15.6. The lowest BCUT2D eigenvalue weighted by molar-refractivity contribution is -0.304. The molecule has 2 aromatic carbocycles. The van der Waals surface area contributed by atoms with E-state index in [1.54, 1.807) is 12.1 Å². The Bertz CT molecular complexity index is 729. The molecule has 0 aromatic heterocycles. The minimum absolute atomic E-state index is 0.109. The first kappa shape index (κ1) is 15.4. The molecule has 2 rings (SSSR count). The van der Waals surface area contributed by atoms with Gasteiger partial charge in [0, 0.05) is 34.2 Å². The van der Waals surface area contributed by atoms with E-state index in [-0.39, 0.29) is 28.3 Å². The van der Waals surface area contributed by atoms with Crippen LogP contribution in [0.1, 0.15) is 21.5 Å². The number of carbonyl (C=O) groups is 2. The number of hydrogen-bond donors (Lipinski definition) is 1. The molecule has 0 amide bonds. The van der Waals surface area contributed by atoms with Crippen LogP contribution in [0, 0.1) is 0 Å². The highest BCUT2D eigenvalue weighted by Gasteiger charge is 2.17. The fraction of sp³-hybridized carbons (Fsp3) is 0.0667. The average Bonchev–Trinajstić information content (AvgIpc) is 2.40. The van der Waals surface area contributed by atoms with Crippen LogP contribution in [0.2, 0.25) is 10.0 Å². The Morgan fingerprint density at radius 2 is 1.81 bits per heavy atom. The summed E-state index contributed by atoms with van der Waals surface area (Å²) in [5.41, 5.74) is 6.74. The highest BCUT2D eigenvalue weighted by molar-refractivity contribution is 6.37. The van der Waals surface area contributed by atoms with E-state index in [0.29, 0.717) is 10.6 Å². The monoisotopic (exact) mass is 322 g/mol. The van der Waals surface area contributed by atoms with E-state index in [0.717, 1.165) is 0 Å². The van der Waals surface area contributed by atoms with Crippen molar-refractivity contribution in [3.05, 3.63) is 63.1 Å². The summed E-state index contributed by atoms with van der Waals surface area (Å²) in [5.74, 6) is -1.66. The SMILES string of the molecule is Nc1c(CC(=O)[O-])cccc1C(=O)c1ccc(Cl)cc1Cl. The Balaban J connectivity index is 2.46. The van der Waals surface area contributed by atoms with E-state index in [1.807, 2.05) is 0 Å². The van der Waals surface area contributed by atoms with Crippen molar-refractivity contribution in [2.24, 2.45) is 0 Å². The molecule has 0 radical (unpaired) electrons. The Morgan fingerprint density at radius 3 is 2.43 bits per heavy atom. The quantitative estimate of drug-likeness (QED) is 0.690. The maximum atomic E-state index is 12.5. The summed E-state index contributed by atoms with van der Waals surface area (Å²) in [4.78, 5) is 23.1. The van der Waals surface area contributed by atoms with Crippen LogP contribution >= 0.6 is 23.2 Å².